The van der Waals surface area contributed by atoms with Crippen LogP contribution in [-0.2, 0) is 0 Å². The van der Waals surface area contributed by atoms with Crippen molar-refractivity contribution >= 4 is 0 Å². The van der Waals surface area contributed by atoms with E-state index >= 15 is 0 Å². The zero-order chi connectivity index (χ0) is 17.0. The van der Waals surface area contributed by atoms with Crippen molar-refractivity contribution in [3.8, 4) is 0 Å². The summed E-state index contributed by atoms with van der Waals surface area (Å²) in [4.78, 5) is 0. The van der Waals surface area contributed by atoms with Crippen LogP contribution >= 0.6 is 0 Å². The Morgan fingerprint density at radius 2 is 1.23 bits per heavy atom. The lowest BCUT2D eigenvalue weighted by atomic mass is 9.64. The second kappa shape index (κ2) is 8.18. The third-order valence-electron chi connectivity index (χ3n) is 6.75. The van der Waals surface area contributed by atoms with Gasteiger partial charge in [-0.1, -0.05) is 54.9 Å². The highest BCUT2D eigenvalue weighted by Gasteiger charge is 2.37. The maximum absolute atomic E-state index is 9.49. The van der Waals surface area contributed by atoms with E-state index in [0.717, 1.165) is 36.0 Å². The predicted molar refractivity (Wildman–Crippen MR) is 98.0 cm³/mol. The van der Waals surface area contributed by atoms with E-state index in [0.29, 0.717) is 5.92 Å². The summed E-state index contributed by atoms with van der Waals surface area (Å²) in [5.74, 6) is 3.42. The first kappa shape index (κ1) is 20.0. The minimum Gasteiger partial charge on any atom is -0.390 e. The molecule has 0 heterocycles. The molecule has 0 spiro atoms. The van der Waals surface area contributed by atoms with Gasteiger partial charge >= 0.3 is 0 Å². The van der Waals surface area contributed by atoms with Gasteiger partial charge in [-0.3, -0.25) is 0 Å². The Hall–Kier alpha value is -0.0400. The van der Waals surface area contributed by atoms with Gasteiger partial charge in [0.25, 0.3) is 0 Å². The molecule has 1 nitrogen and oxygen atoms in total. The molecule has 0 radical (unpaired) electrons. The molecular weight excluding hydrogens is 268 g/mol. The fourth-order valence-corrected chi connectivity index (χ4v) is 3.19. The van der Waals surface area contributed by atoms with Crippen molar-refractivity contribution in [1.82, 2.24) is 0 Å². The van der Waals surface area contributed by atoms with Crippen LogP contribution in [0.2, 0.25) is 0 Å². The van der Waals surface area contributed by atoms with Crippen LogP contribution in [0.4, 0.5) is 0 Å². The summed E-state index contributed by atoms with van der Waals surface area (Å²) in [5, 5.41) is 9.49. The summed E-state index contributed by atoms with van der Waals surface area (Å²) in [5.41, 5.74) is 0.444. The van der Waals surface area contributed by atoms with Crippen molar-refractivity contribution in [2.75, 3.05) is 0 Å². The van der Waals surface area contributed by atoms with Gasteiger partial charge in [0, 0.05) is 0 Å². The van der Waals surface area contributed by atoms with Gasteiger partial charge in [0.15, 0.2) is 0 Å². The van der Waals surface area contributed by atoms with Crippen molar-refractivity contribution < 1.29 is 5.11 Å². The summed E-state index contributed by atoms with van der Waals surface area (Å²) in [6.45, 7) is 15.8. The van der Waals surface area contributed by atoms with E-state index in [1.807, 2.05) is 0 Å². The summed E-state index contributed by atoms with van der Waals surface area (Å²) in [7, 11) is 0. The molecule has 3 fully saturated rings. The molecule has 3 saturated carbocycles. The van der Waals surface area contributed by atoms with Gasteiger partial charge in [-0.25, -0.2) is 0 Å². The zero-order valence-corrected chi connectivity index (χ0v) is 16.4. The molecule has 0 bridgehead atoms. The summed E-state index contributed by atoms with van der Waals surface area (Å²) < 4.78 is 0. The van der Waals surface area contributed by atoms with Crippen LogP contribution in [0.3, 0.4) is 0 Å². The van der Waals surface area contributed by atoms with E-state index in [1.165, 1.54) is 38.5 Å². The first-order chi connectivity index (χ1) is 10.1. The van der Waals surface area contributed by atoms with E-state index in [9.17, 15) is 5.11 Å². The fraction of sp³-hybridized carbons (Fsp3) is 1.00. The molecule has 0 aromatic rings. The van der Waals surface area contributed by atoms with Gasteiger partial charge < -0.3 is 5.11 Å². The van der Waals surface area contributed by atoms with Crippen LogP contribution in [0.1, 0.15) is 99.8 Å². The van der Waals surface area contributed by atoms with Crippen LogP contribution in [0, 0.1) is 29.1 Å². The van der Waals surface area contributed by atoms with E-state index in [4.69, 9.17) is 0 Å². The largest absolute Gasteiger partial charge is 0.390 e. The van der Waals surface area contributed by atoms with Gasteiger partial charge in [0.2, 0.25) is 0 Å². The summed E-state index contributed by atoms with van der Waals surface area (Å²) >= 11 is 0. The molecule has 0 aromatic carbocycles. The molecule has 3 aliphatic carbocycles. The van der Waals surface area contributed by atoms with Gasteiger partial charge in [-0.15, -0.1) is 0 Å². The Balaban J connectivity index is 0.000000167. The average molecular weight is 311 g/mol. The monoisotopic (exact) mass is 310 g/mol. The minimum absolute atomic E-state index is 0.278. The maximum atomic E-state index is 9.49. The standard InChI is InChI=1S/C8H16.C7H14O.C6H12/c1-7(2)8(3)5-4-6-8;1-6(2)7(8)4-3-5-7;1-5(2)6-3-4-6/h7H,4-6H2,1-3H3;6,8H,3-5H2,1-2H3;5-6H,3-4H2,1-2H3. The zero-order valence-electron chi connectivity index (χ0n) is 16.4. The maximum Gasteiger partial charge on any atom is 0.0670 e. The Labute approximate surface area is 140 Å². The fourth-order valence-electron chi connectivity index (χ4n) is 3.19. The van der Waals surface area contributed by atoms with E-state index in [2.05, 4.69) is 48.5 Å². The summed E-state index contributed by atoms with van der Waals surface area (Å²) in [6.07, 6.45) is 10.6. The third-order valence-corrected chi connectivity index (χ3v) is 6.75. The lowest BCUT2D eigenvalue weighted by Crippen LogP contribution is -2.41. The average Bonchev–Trinajstić information content (AvgIpc) is 3.18. The predicted octanol–water partition coefficient (Wildman–Crippen LogP) is 6.44. The minimum atomic E-state index is -0.278. The molecule has 0 unspecified atom stereocenters. The van der Waals surface area contributed by atoms with Crippen molar-refractivity contribution in [3.63, 3.8) is 0 Å². The number of hydrogen-bond acceptors (Lipinski definition) is 1. The molecule has 3 aliphatic rings. The van der Waals surface area contributed by atoms with Crippen LogP contribution < -0.4 is 0 Å². The van der Waals surface area contributed by atoms with Gasteiger partial charge in [-0.05, 0) is 74.0 Å². The van der Waals surface area contributed by atoms with Gasteiger partial charge in [-0.2, -0.15) is 0 Å². The van der Waals surface area contributed by atoms with Crippen molar-refractivity contribution in [1.29, 1.82) is 0 Å². The smallest absolute Gasteiger partial charge is 0.0670 e. The van der Waals surface area contributed by atoms with Crippen LogP contribution in [0.25, 0.3) is 0 Å². The molecule has 0 saturated heterocycles. The molecule has 0 atom stereocenters. The normalized spacial score (nSPS) is 24.7. The molecule has 3 rings (SSSR count). The molecule has 132 valence electrons. The highest BCUT2D eigenvalue weighted by molar-refractivity contribution is 4.89. The highest BCUT2D eigenvalue weighted by Crippen LogP contribution is 2.46. The SMILES string of the molecule is CC(C)C1(C)CCC1.CC(C)C1(O)CCC1.CC(C)C1CC1. The number of hydrogen-bond donors (Lipinski definition) is 1. The number of aliphatic hydroxyl groups is 1. The van der Waals surface area contributed by atoms with Gasteiger partial charge in [0.05, 0.1) is 5.60 Å². The number of rotatable bonds is 3. The second-order valence-electron chi connectivity index (χ2n) is 9.36. The second-order valence-corrected chi connectivity index (χ2v) is 9.36. The first-order valence-electron chi connectivity index (χ1n) is 9.83. The van der Waals surface area contributed by atoms with E-state index in [-0.39, 0.29) is 5.60 Å². The Morgan fingerprint density at radius 1 is 0.773 bits per heavy atom. The summed E-state index contributed by atoms with van der Waals surface area (Å²) in [6, 6.07) is 0. The lowest BCUT2D eigenvalue weighted by molar-refractivity contribution is -0.0719. The highest BCUT2D eigenvalue weighted by atomic mass is 16.3. The topological polar surface area (TPSA) is 20.2 Å². The molecule has 0 aromatic heterocycles. The first-order valence-corrected chi connectivity index (χ1v) is 9.83. The van der Waals surface area contributed by atoms with E-state index < -0.39 is 0 Å². The van der Waals surface area contributed by atoms with Crippen molar-refractivity contribution in [2.45, 2.75) is 105 Å². The lowest BCUT2D eigenvalue weighted by Gasteiger charge is -2.42. The Kier molecular flexibility index (Phi) is 7.43. The third kappa shape index (κ3) is 5.87. The van der Waals surface area contributed by atoms with E-state index in [1.54, 1.807) is 0 Å². The Bertz CT molecular complexity index is 280. The van der Waals surface area contributed by atoms with Crippen LogP contribution in [0.15, 0.2) is 0 Å². The quantitative estimate of drug-likeness (QED) is 0.635. The molecule has 1 N–H and O–H groups in total. The molecule has 0 amide bonds. The van der Waals surface area contributed by atoms with Crippen molar-refractivity contribution in [2.24, 2.45) is 29.1 Å². The Morgan fingerprint density at radius 3 is 1.23 bits per heavy atom. The molecule has 22 heavy (non-hydrogen) atoms. The molecular formula is C21H42O. The molecule has 1 heteroatoms. The molecule has 0 aliphatic heterocycles. The van der Waals surface area contributed by atoms with Crippen LogP contribution in [-0.4, -0.2) is 10.7 Å². The van der Waals surface area contributed by atoms with Crippen LogP contribution in [0.5, 0.6) is 0 Å². The van der Waals surface area contributed by atoms with Gasteiger partial charge in [0.1, 0.15) is 0 Å². The van der Waals surface area contributed by atoms with Crippen molar-refractivity contribution in [3.05, 3.63) is 0 Å².